The smallest absolute Gasteiger partial charge is 0.134 e. The maximum atomic E-state index is 13.3. The summed E-state index contributed by atoms with van der Waals surface area (Å²) < 4.78 is 13.3. The van der Waals surface area contributed by atoms with Crippen LogP contribution >= 0.6 is 11.6 Å². The summed E-state index contributed by atoms with van der Waals surface area (Å²) in [5, 5.41) is 9.84. The van der Waals surface area contributed by atoms with E-state index >= 15 is 0 Å². The number of nitrogens with zero attached hydrogens (tertiary/aromatic N) is 2. The Morgan fingerprint density at radius 3 is 2.79 bits per heavy atom. The molecule has 0 N–H and O–H groups in total. The monoisotopic (exact) mass is 206 g/mol. The number of hydrogen-bond donors (Lipinski definition) is 0. The zero-order chi connectivity index (χ0) is 10.1. The van der Waals surface area contributed by atoms with E-state index in [0.29, 0.717) is 16.3 Å². The Hall–Kier alpha value is -1.66. The second kappa shape index (κ2) is 3.24. The Kier molecular flexibility index (Phi) is 2.06. The first-order valence-electron chi connectivity index (χ1n) is 3.85. The third kappa shape index (κ3) is 1.30. The first-order chi connectivity index (χ1) is 6.72. The molecule has 1 aromatic heterocycles. The average molecular weight is 207 g/mol. The third-order valence-corrected chi connectivity index (χ3v) is 2.13. The zero-order valence-corrected chi connectivity index (χ0v) is 7.72. The molecule has 0 atom stereocenters. The fourth-order valence-corrected chi connectivity index (χ4v) is 1.49. The molecule has 0 aliphatic heterocycles. The van der Waals surface area contributed by atoms with E-state index in [2.05, 4.69) is 4.98 Å². The van der Waals surface area contributed by atoms with Crippen LogP contribution in [-0.4, -0.2) is 4.98 Å². The van der Waals surface area contributed by atoms with Crippen molar-refractivity contribution in [3.63, 3.8) is 0 Å². The summed E-state index contributed by atoms with van der Waals surface area (Å²) in [7, 11) is 0. The molecule has 68 valence electrons. The minimum Gasteiger partial charge on any atom is -0.263 e. The van der Waals surface area contributed by atoms with Crippen molar-refractivity contribution in [1.29, 1.82) is 5.26 Å². The Morgan fingerprint density at radius 1 is 1.29 bits per heavy atom. The van der Waals surface area contributed by atoms with Gasteiger partial charge in [-0.05, 0) is 12.1 Å². The predicted molar refractivity (Wildman–Crippen MR) is 51.4 cm³/mol. The van der Waals surface area contributed by atoms with Gasteiger partial charge in [0.05, 0.1) is 5.56 Å². The molecule has 0 bridgehead atoms. The van der Waals surface area contributed by atoms with E-state index in [-0.39, 0.29) is 5.02 Å². The van der Waals surface area contributed by atoms with Crippen LogP contribution in [-0.2, 0) is 0 Å². The van der Waals surface area contributed by atoms with E-state index in [1.165, 1.54) is 18.5 Å². The Labute approximate surface area is 84.6 Å². The van der Waals surface area contributed by atoms with Crippen LogP contribution in [0, 0.1) is 17.1 Å². The summed E-state index contributed by atoms with van der Waals surface area (Å²) in [6, 6.07) is 4.69. The number of halogens is 2. The lowest BCUT2D eigenvalue weighted by Gasteiger charge is -2.01. The van der Waals surface area contributed by atoms with Crippen molar-refractivity contribution in [3.05, 3.63) is 40.9 Å². The molecule has 0 fully saturated rings. The van der Waals surface area contributed by atoms with E-state index in [9.17, 15) is 4.39 Å². The van der Waals surface area contributed by atoms with Crippen molar-refractivity contribution in [2.75, 3.05) is 0 Å². The van der Waals surface area contributed by atoms with Crippen LogP contribution in [0.2, 0.25) is 5.02 Å². The second-order valence-electron chi connectivity index (χ2n) is 2.78. The van der Waals surface area contributed by atoms with Gasteiger partial charge < -0.3 is 0 Å². The van der Waals surface area contributed by atoms with E-state index in [1.807, 2.05) is 6.07 Å². The lowest BCUT2D eigenvalue weighted by Crippen LogP contribution is -1.86. The summed E-state index contributed by atoms with van der Waals surface area (Å²) in [6.07, 6.45) is 2.76. The van der Waals surface area contributed by atoms with Crippen LogP contribution in [0.3, 0.4) is 0 Å². The molecule has 0 spiro atoms. The van der Waals surface area contributed by atoms with Gasteiger partial charge >= 0.3 is 0 Å². The topological polar surface area (TPSA) is 36.7 Å². The van der Waals surface area contributed by atoms with Crippen molar-refractivity contribution >= 4 is 22.4 Å². The maximum Gasteiger partial charge on any atom is 0.134 e. The van der Waals surface area contributed by atoms with Crippen molar-refractivity contribution in [1.82, 2.24) is 4.98 Å². The highest BCUT2D eigenvalue weighted by molar-refractivity contribution is 6.31. The first kappa shape index (κ1) is 8.92. The fourth-order valence-electron chi connectivity index (χ4n) is 1.28. The van der Waals surface area contributed by atoms with Gasteiger partial charge in [0.25, 0.3) is 0 Å². The van der Waals surface area contributed by atoms with E-state index in [1.54, 1.807) is 6.07 Å². The molecule has 0 aliphatic rings. The van der Waals surface area contributed by atoms with Crippen LogP contribution in [0.1, 0.15) is 5.56 Å². The van der Waals surface area contributed by atoms with Crippen molar-refractivity contribution in [3.8, 4) is 6.07 Å². The summed E-state index contributed by atoms with van der Waals surface area (Å²) in [5.74, 6) is -0.461. The number of nitriles is 1. The van der Waals surface area contributed by atoms with Crippen LogP contribution in [0.4, 0.5) is 4.39 Å². The van der Waals surface area contributed by atoms with Gasteiger partial charge in [0, 0.05) is 28.2 Å². The molecule has 0 saturated carbocycles. The lowest BCUT2D eigenvalue weighted by atomic mass is 10.1. The highest BCUT2D eigenvalue weighted by Crippen LogP contribution is 2.24. The number of aromatic nitrogens is 1. The van der Waals surface area contributed by atoms with Gasteiger partial charge in [0.2, 0.25) is 0 Å². The molecule has 1 heterocycles. The molecular formula is C10H4ClFN2. The highest BCUT2D eigenvalue weighted by atomic mass is 35.5. The molecule has 0 amide bonds. The van der Waals surface area contributed by atoms with Gasteiger partial charge in [-0.25, -0.2) is 4.39 Å². The largest absolute Gasteiger partial charge is 0.263 e. The Bertz CT molecular complexity index is 546. The van der Waals surface area contributed by atoms with Crippen molar-refractivity contribution < 1.29 is 4.39 Å². The molecular weight excluding hydrogens is 203 g/mol. The fraction of sp³-hybridized carbons (Fsp3) is 0. The third-order valence-electron chi connectivity index (χ3n) is 1.91. The zero-order valence-electron chi connectivity index (χ0n) is 6.96. The number of rotatable bonds is 0. The summed E-state index contributed by atoms with van der Waals surface area (Å²) in [6.45, 7) is 0. The van der Waals surface area contributed by atoms with Crippen LogP contribution < -0.4 is 0 Å². The molecule has 2 rings (SSSR count). The summed E-state index contributed by atoms with van der Waals surface area (Å²) in [5.41, 5.74) is 0.323. The molecule has 0 aliphatic carbocycles. The van der Waals surface area contributed by atoms with Gasteiger partial charge in [-0.1, -0.05) is 11.6 Å². The molecule has 4 heteroatoms. The van der Waals surface area contributed by atoms with Crippen molar-refractivity contribution in [2.45, 2.75) is 0 Å². The standard InChI is InChI=1S/C10H4ClFN2/c11-7-1-8-6(3-13)4-14-5-9(8)10(12)2-7/h1-2,4-5H. The average Bonchev–Trinajstić information content (AvgIpc) is 2.17. The minimum absolute atomic E-state index is 0.276. The lowest BCUT2D eigenvalue weighted by molar-refractivity contribution is 0.639. The Balaban J connectivity index is 2.95. The van der Waals surface area contributed by atoms with Crippen LogP contribution in [0.15, 0.2) is 24.5 Å². The molecule has 0 radical (unpaired) electrons. The van der Waals surface area contributed by atoms with E-state index in [0.717, 1.165) is 0 Å². The second-order valence-corrected chi connectivity index (χ2v) is 3.22. The van der Waals surface area contributed by atoms with Gasteiger partial charge in [0.15, 0.2) is 0 Å². The van der Waals surface area contributed by atoms with E-state index < -0.39 is 5.82 Å². The normalized spacial score (nSPS) is 10.1. The van der Waals surface area contributed by atoms with Crippen LogP contribution in [0.25, 0.3) is 10.8 Å². The van der Waals surface area contributed by atoms with Gasteiger partial charge in [-0.2, -0.15) is 5.26 Å². The van der Waals surface area contributed by atoms with Gasteiger partial charge in [0.1, 0.15) is 11.9 Å². The molecule has 2 aromatic rings. The predicted octanol–water partition coefficient (Wildman–Crippen LogP) is 2.90. The molecule has 1 aromatic carbocycles. The van der Waals surface area contributed by atoms with Crippen LogP contribution in [0.5, 0.6) is 0 Å². The van der Waals surface area contributed by atoms with Gasteiger partial charge in [-0.3, -0.25) is 4.98 Å². The summed E-state index contributed by atoms with van der Waals surface area (Å²) >= 11 is 5.68. The number of fused-ring (bicyclic) bond motifs is 1. The molecule has 14 heavy (non-hydrogen) atoms. The number of hydrogen-bond acceptors (Lipinski definition) is 2. The number of benzene rings is 1. The quantitative estimate of drug-likeness (QED) is 0.665. The SMILES string of the molecule is N#Cc1cncc2c(F)cc(Cl)cc12. The minimum atomic E-state index is -0.461. The molecule has 2 nitrogen and oxygen atoms in total. The molecule has 0 saturated heterocycles. The maximum absolute atomic E-state index is 13.3. The van der Waals surface area contributed by atoms with E-state index in [4.69, 9.17) is 16.9 Å². The van der Waals surface area contributed by atoms with Gasteiger partial charge in [-0.15, -0.1) is 0 Å². The van der Waals surface area contributed by atoms with Crippen molar-refractivity contribution in [2.24, 2.45) is 0 Å². The first-order valence-corrected chi connectivity index (χ1v) is 4.23. The number of pyridine rings is 1. The molecule has 0 unspecified atom stereocenters. The summed E-state index contributed by atoms with van der Waals surface area (Å²) in [4.78, 5) is 3.77. The highest BCUT2D eigenvalue weighted by Gasteiger charge is 2.06. The Morgan fingerprint density at radius 2 is 2.07 bits per heavy atom.